The van der Waals surface area contributed by atoms with Crippen LogP contribution in [0.1, 0.15) is 5.56 Å². The minimum absolute atomic E-state index is 0.118. The van der Waals surface area contributed by atoms with Crippen LogP contribution in [0, 0.1) is 6.92 Å². The van der Waals surface area contributed by atoms with Gasteiger partial charge >= 0.3 is 0 Å². The van der Waals surface area contributed by atoms with Gasteiger partial charge in [-0.05, 0) is 36.8 Å². The first-order valence-electron chi connectivity index (χ1n) is 4.28. The standard InChI is InChI=1S/C10H8ClNO2S/c1-7-5-9-8(3-2-4-12-9)10(6-7)15(11,13)14/h2-6H,1H3. The summed E-state index contributed by atoms with van der Waals surface area (Å²) in [5.41, 5.74) is 1.46. The Labute approximate surface area is 92.1 Å². The molecule has 0 atom stereocenters. The van der Waals surface area contributed by atoms with Gasteiger partial charge in [0.15, 0.2) is 0 Å². The summed E-state index contributed by atoms with van der Waals surface area (Å²) in [6, 6.07) is 6.74. The van der Waals surface area contributed by atoms with Crippen LogP contribution in [0.25, 0.3) is 10.9 Å². The van der Waals surface area contributed by atoms with Crippen molar-refractivity contribution in [1.29, 1.82) is 0 Å². The van der Waals surface area contributed by atoms with E-state index in [1.807, 2.05) is 6.07 Å². The first kappa shape index (κ1) is 10.4. The van der Waals surface area contributed by atoms with Gasteiger partial charge < -0.3 is 0 Å². The molecule has 0 saturated heterocycles. The van der Waals surface area contributed by atoms with Crippen molar-refractivity contribution >= 4 is 30.6 Å². The van der Waals surface area contributed by atoms with E-state index in [0.717, 1.165) is 5.56 Å². The molecule has 15 heavy (non-hydrogen) atoms. The molecule has 0 bridgehead atoms. The normalized spacial score (nSPS) is 11.9. The molecule has 2 rings (SSSR count). The van der Waals surface area contributed by atoms with Crippen molar-refractivity contribution in [2.45, 2.75) is 11.8 Å². The molecule has 0 saturated carbocycles. The third-order valence-electron chi connectivity index (χ3n) is 2.09. The van der Waals surface area contributed by atoms with Crippen molar-refractivity contribution in [3.05, 3.63) is 36.0 Å². The van der Waals surface area contributed by atoms with Gasteiger partial charge in [0.1, 0.15) is 0 Å². The molecule has 0 spiro atoms. The van der Waals surface area contributed by atoms with Gasteiger partial charge in [-0.3, -0.25) is 4.98 Å². The number of nitrogens with zero attached hydrogens (tertiary/aromatic N) is 1. The Morgan fingerprint density at radius 2 is 2.07 bits per heavy atom. The summed E-state index contributed by atoms with van der Waals surface area (Å²) in [6.07, 6.45) is 1.62. The predicted molar refractivity (Wildman–Crippen MR) is 59.5 cm³/mol. The number of aromatic nitrogens is 1. The highest BCUT2D eigenvalue weighted by atomic mass is 35.7. The van der Waals surface area contributed by atoms with Crippen molar-refractivity contribution in [1.82, 2.24) is 4.98 Å². The topological polar surface area (TPSA) is 47.0 Å². The minimum Gasteiger partial charge on any atom is -0.256 e. The second-order valence-electron chi connectivity index (χ2n) is 3.27. The third-order valence-corrected chi connectivity index (χ3v) is 3.45. The maximum absolute atomic E-state index is 11.3. The fraction of sp³-hybridized carbons (Fsp3) is 0.100. The SMILES string of the molecule is Cc1cc(S(=O)(=O)Cl)c2cccnc2c1. The number of fused-ring (bicyclic) bond motifs is 1. The van der Waals surface area contributed by atoms with E-state index < -0.39 is 9.05 Å². The van der Waals surface area contributed by atoms with E-state index in [9.17, 15) is 8.42 Å². The molecule has 0 aliphatic rings. The lowest BCUT2D eigenvalue weighted by Gasteiger charge is -2.03. The smallest absolute Gasteiger partial charge is 0.256 e. The first-order valence-corrected chi connectivity index (χ1v) is 6.59. The fourth-order valence-electron chi connectivity index (χ4n) is 1.48. The fourth-order valence-corrected chi connectivity index (χ4v) is 2.63. The van der Waals surface area contributed by atoms with E-state index in [0.29, 0.717) is 10.9 Å². The molecule has 2 aromatic rings. The van der Waals surface area contributed by atoms with Gasteiger partial charge in [-0.15, -0.1) is 0 Å². The quantitative estimate of drug-likeness (QED) is 0.721. The van der Waals surface area contributed by atoms with E-state index in [4.69, 9.17) is 10.7 Å². The Morgan fingerprint density at radius 3 is 2.73 bits per heavy atom. The largest absolute Gasteiger partial charge is 0.261 e. The lowest BCUT2D eigenvalue weighted by atomic mass is 10.1. The van der Waals surface area contributed by atoms with E-state index in [2.05, 4.69) is 4.98 Å². The van der Waals surface area contributed by atoms with Gasteiger partial charge in [0.05, 0.1) is 10.4 Å². The van der Waals surface area contributed by atoms with Crippen LogP contribution in [0.2, 0.25) is 0 Å². The summed E-state index contributed by atoms with van der Waals surface area (Å²) in [5, 5.41) is 0.554. The van der Waals surface area contributed by atoms with Crippen molar-refractivity contribution < 1.29 is 8.42 Å². The lowest BCUT2D eigenvalue weighted by Crippen LogP contribution is -1.94. The van der Waals surface area contributed by atoms with Gasteiger partial charge in [-0.25, -0.2) is 8.42 Å². The number of rotatable bonds is 1. The van der Waals surface area contributed by atoms with Gasteiger partial charge in [-0.2, -0.15) is 0 Å². The second kappa shape index (κ2) is 3.47. The van der Waals surface area contributed by atoms with Crippen LogP contribution in [-0.2, 0) is 9.05 Å². The number of aryl methyl sites for hydroxylation is 1. The average Bonchev–Trinajstić information content (AvgIpc) is 2.15. The molecule has 0 aliphatic heterocycles. The molecular weight excluding hydrogens is 234 g/mol. The van der Waals surface area contributed by atoms with Crippen LogP contribution in [0.15, 0.2) is 35.4 Å². The Kier molecular flexibility index (Phi) is 2.40. The molecule has 0 radical (unpaired) electrons. The van der Waals surface area contributed by atoms with Crippen LogP contribution >= 0.6 is 10.7 Å². The number of halogens is 1. The highest BCUT2D eigenvalue weighted by Crippen LogP contribution is 2.25. The first-order chi connectivity index (χ1) is 6.98. The monoisotopic (exact) mass is 241 g/mol. The van der Waals surface area contributed by atoms with Crippen LogP contribution in [0.4, 0.5) is 0 Å². The van der Waals surface area contributed by atoms with Crippen LogP contribution in [-0.4, -0.2) is 13.4 Å². The molecule has 0 aliphatic carbocycles. The Morgan fingerprint density at radius 1 is 1.33 bits per heavy atom. The van der Waals surface area contributed by atoms with Crippen LogP contribution in [0.3, 0.4) is 0 Å². The van der Waals surface area contributed by atoms with E-state index in [-0.39, 0.29) is 4.90 Å². The summed E-state index contributed by atoms with van der Waals surface area (Å²) < 4.78 is 22.7. The summed E-state index contributed by atoms with van der Waals surface area (Å²) in [4.78, 5) is 4.21. The van der Waals surface area contributed by atoms with Crippen molar-refractivity contribution in [3.8, 4) is 0 Å². The number of hydrogen-bond acceptors (Lipinski definition) is 3. The molecule has 1 heterocycles. The zero-order valence-corrected chi connectivity index (χ0v) is 9.51. The molecule has 0 unspecified atom stereocenters. The summed E-state index contributed by atoms with van der Waals surface area (Å²) in [6.45, 7) is 1.81. The molecule has 1 aromatic heterocycles. The van der Waals surface area contributed by atoms with Gasteiger partial charge in [0.25, 0.3) is 9.05 Å². The Hall–Kier alpha value is -1.13. The van der Waals surface area contributed by atoms with E-state index in [1.54, 1.807) is 31.3 Å². The Bertz CT molecular complexity index is 622. The van der Waals surface area contributed by atoms with Crippen LogP contribution < -0.4 is 0 Å². The minimum atomic E-state index is -3.72. The van der Waals surface area contributed by atoms with Crippen LogP contribution in [0.5, 0.6) is 0 Å². The predicted octanol–water partition coefficient (Wildman–Crippen LogP) is 2.47. The zero-order valence-electron chi connectivity index (χ0n) is 7.94. The molecule has 5 heteroatoms. The molecule has 1 aromatic carbocycles. The van der Waals surface area contributed by atoms with Crippen molar-refractivity contribution in [2.75, 3.05) is 0 Å². The molecule has 0 N–H and O–H groups in total. The highest BCUT2D eigenvalue weighted by molar-refractivity contribution is 8.14. The maximum Gasteiger partial charge on any atom is 0.261 e. The summed E-state index contributed by atoms with van der Waals surface area (Å²) in [5.74, 6) is 0. The second-order valence-corrected chi connectivity index (χ2v) is 5.81. The number of benzene rings is 1. The number of hydrogen-bond donors (Lipinski definition) is 0. The zero-order chi connectivity index (χ0) is 11.1. The molecule has 0 fully saturated rings. The highest BCUT2D eigenvalue weighted by Gasteiger charge is 2.14. The van der Waals surface area contributed by atoms with Gasteiger partial charge in [-0.1, -0.05) is 0 Å². The lowest BCUT2D eigenvalue weighted by molar-refractivity contribution is 0.610. The molecular formula is C10H8ClNO2S. The van der Waals surface area contributed by atoms with Crippen molar-refractivity contribution in [2.24, 2.45) is 0 Å². The molecule has 0 amide bonds. The average molecular weight is 242 g/mol. The van der Waals surface area contributed by atoms with E-state index in [1.165, 1.54) is 0 Å². The number of pyridine rings is 1. The summed E-state index contributed by atoms with van der Waals surface area (Å²) in [7, 11) is 1.63. The molecule has 78 valence electrons. The van der Waals surface area contributed by atoms with Gasteiger partial charge in [0.2, 0.25) is 0 Å². The van der Waals surface area contributed by atoms with Crippen molar-refractivity contribution in [3.63, 3.8) is 0 Å². The van der Waals surface area contributed by atoms with Gasteiger partial charge in [0, 0.05) is 22.3 Å². The maximum atomic E-state index is 11.3. The Balaban J connectivity index is 2.96. The van der Waals surface area contributed by atoms with E-state index >= 15 is 0 Å². The molecule has 3 nitrogen and oxygen atoms in total. The third kappa shape index (κ3) is 1.96. The summed E-state index contributed by atoms with van der Waals surface area (Å²) >= 11 is 0.